The Labute approximate surface area is 288 Å². The van der Waals surface area contributed by atoms with Crippen LogP contribution in [-0.2, 0) is 39.9 Å². The van der Waals surface area contributed by atoms with Crippen molar-refractivity contribution < 1.29 is 41.3 Å². The van der Waals surface area contributed by atoms with Crippen LogP contribution in [0.25, 0.3) is 0 Å². The maximum atomic E-state index is 13.7. The number of fused-ring (bicyclic) bond motifs is 4. The van der Waals surface area contributed by atoms with E-state index >= 15 is 0 Å². The van der Waals surface area contributed by atoms with E-state index in [-0.39, 0.29) is 28.4 Å². The molecule has 3 aliphatic heterocycles. The third kappa shape index (κ3) is 6.09. The Morgan fingerprint density at radius 3 is 2.10 bits per heavy atom. The van der Waals surface area contributed by atoms with Gasteiger partial charge in [0.1, 0.15) is 12.2 Å². The van der Waals surface area contributed by atoms with Gasteiger partial charge in [-0.15, -0.1) is 0 Å². The van der Waals surface area contributed by atoms with E-state index < -0.39 is 37.9 Å². The summed E-state index contributed by atoms with van der Waals surface area (Å²) >= 11 is 0. The van der Waals surface area contributed by atoms with Crippen LogP contribution < -0.4 is 0 Å². The predicted molar refractivity (Wildman–Crippen MR) is 180 cm³/mol. The van der Waals surface area contributed by atoms with Crippen LogP contribution in [0, 0.1) is 5.41 Å². The van der Waals surface area contributed by atoms with Gasteiger partial charge in [-0.05, 0) is 73.5 Å². The summed E-state index contributed by atoms with van der Waals surface area (Å²) in [7, 11) is -2.33. The van der Waals surface area contributed by atoms with E-state index in [0.29, 0.717) is 51.3 Å². The van der Waals surface area contributed by atoms with E-state index in [4.69, 9.17) is 28.4 Å². The molecule has 3 unspecified atom stereocenters. The summed E-state index contributed by atoms with van der Waals surface area (Å²) in [4.78, 5) is 18.4. The van der Waals surface area contributed by atoms with Gasteiger partial charge in [0.25, 0.3) is 0 Å². The highest BCUT2D eigenvalue weighted by atomic mass is 28.4. The summed E-state index contributed by atoms with van der Waals surface area (Å²) in [5, 5.41) is -0.0546. The summed E-state index contributed by atoms with van der Waals surface area (Å²) in [6.45, 7) is 14.9. The molecule has 3 fully saturated rings. The molecule has 0 radical (unpaired) electrons. The van der Waals surface area contributed by atoms with E-state index in [9.17, 15) is 18.0 Å². The molecule has 5 aliphatic rings. The van der Waals surface area contributed by atoms with Gasteiger partial charge in [0.05, 0.1) is 28.7 Å². The van der Waals surface area contributed by atoms with Crippen LogP contribution in [0.3, 0.4) is 0 Å². The molecule has 2 spiro atoms. The number of alkyl halides is 3. The number of esters is 1. The Kier molecular flexibility index (Phi) is 8.90. The molecule has 2 saturated heterocycles. The number of carbonyl (C=O) groups excluding carboxylic acids is 1. The van der Waals surface area contributed by atoms with Crippen molar-refractivity contribution in [2.45, 2.75) is 133 Å². The third-order valence-corrected chi connectivity index (χ3v) is 16.9. The number of rotatable bonds is 5. The molecule has 1 aromatic heterocycles. The van der Waals surface area contributed by atoms with Crippen LogP contribution in [-0.4, -0.2) is 45.7 Å². The summed E-state index contributed by atoms with van der Waals surface area (Å²) in [6.07, 6.45) is 0.475. The maximum absolute atomic E-state index is 13.7. The van der Waals surface area contributed by atoms with Crippen molar-refractivity contribution >= 4 is 14.3 Å². The first-order valence-corrected chi connectivity index (χ1v) is 20.9. The molecule has 2 aromatic rings. The number of hydrogen-bond donors (Lipinski definition) is 0. The molecule has 2 aliphatic carbocycles. The average Bonchev–Trinajstić information content (AvgIpc) is 3.34. The largest absolute Gasteiger partial charge is 0.455 e. The lowest BCUT2D eigenvalue weighted by molar-refractivity contribution is -0.167. The van der Waals surface area contributed by atoms with E-state index in [1.807, 2.05) is 0 Å². The van der Waals surface area contributed by atoms with Crippen molar-refractivity contribution in [2.24, 2.45) is 5.41 Å². The smallest absolute Gasteiger partial charge is 0.416 e. The molecule has 268 valence electrons. The zero-order valence-corrected chi connectivity index (χ0v) is 30.6. The Balaban J connectivity index is 1.52. The second kappa shape index (κ2) is 12.4. The van der Waals surface area contributed by atoms with Gasteiger partial charge in [0, 0.05) is 68.7 Å². The van der Waals surface area contributed by atoms with E-state index in [0.717, 1.165) is 72.3 Å². The van der Waals surface area contributed by atoms with E-state index in [1.54, 1.807) is 12.1 Å². The van der Waals surface area contributed by atoms with Gasteiger partial charge in [-0.25, -0.2) is 0 Å². The molecular formula is C38H50F3NO6Si. The minimum atomic E-state index is -4.44. The topological polar surface area (TPSA) is 76.1 Å². The summed E-state index contributed by atoms with van der Waals surface area (Å²) in [5.74, 6) is -0.277. The van der Waals surface area contributed by atoms with Crippen LogP contribution >= 0.6 is 0 Å². The van der Waals surface area contributed by atoms with E-state index in [2.05, 4.69) is 33.9 Å². The third-order valence-electron chi connectivity index (χ3n) is 12.4. The van der Waals surface area contributed by atoms with Crippen molar-refractivity contribution in [2.75, 3.05) is 26.4 Å². The lowest BCUT2D eigenvalue weighted by atomic mass is 9.57. The number of halogens is 3. The Hall–Kier alpha value is -2.31. The summed E-state index contributed by atoms with van der Waals surface area (Å²) < 4.78 is 73.7. The standard InChI is InChI=1S/C38H50F3NO6Si/c1-23(43)46-34-32-28(27(22-36(34)14-7-15-36)48-49(5,6)35(2,3)4)30-29(31(42-32)24-12-18-44-19-13-24)33(47-37(30)16-20-45-21-17-37)25-8-10-26(11-9-25)38(39,40)41/h8-11,24,27,33-34H,7,12-22H2,1-6H3. The highest BCUT2D eigenvalue weighted by Crippen LogP contribution is 2.66. The molecular weight excluding hydrogens is 651 g/mol. The lowest BCUT2D eigenvalue weighted by Gasteiger charge is -2.54. The van der Waals surface area contributed by atoms with Crippen LogP contribution in [0.5, 0.6) is 0 Å². The quantitative estimate of drug-likeness (QED) is 0.227. The Morgan fingerprint density at radius 1 is 0.918 bits per heavy atom. The molecule has 1 saturated carbocycles. The summed E-state index contributed by atoms with van der Waals surface area (Å²) in [5.41, 5.74) is 3.58. The van der Waals surface area contributed by atoms with Crippen molar-refractivity contribution in [3.63, 3.8) is 0 Å². The first-order valence-electron chi connectivity index (χ1n) is 18.0. The van der Waals surface area contributed by atoms with Gasteiger partial charge in [0.15, 0.2) is 8.32 Å². The number of aromatic nitrogens is 1. The second-order valence-corrected chi connectivity index (χ2v) is 21.2. The van der Waals surface area contributed by atoms with E-state index in [1.165, 1.54) is 6.92 Å². The minimum absolute atomic E-state index is 0.0546. The molecule has 7 nitrogen and oxygen atoms in total. The molecule has 49 heavy (non-hydrogen) atoms. The molecule has 0 amide bonds. The highest BCUT2D eigenvalue weighted by Gasteiger charge is 2.59. The number of ether oxygens (including phenoxy) is 4. The van der Waals surface area contributed by atoms with Crippen LogP contribution in [0.1, 0.15) is 142 Å². The zero-order valence-electron chi connectivity index (χ0n) is 29.6. The number of nitrogens with zero attached hydrogens (tertiary/aromatic N) is 1. The number of carbonyl (C=O) groups is 1. The first-order chi connectivity index (χ1) is 23.1. The highest BCUT2D eigenvalue weighted by molar-refractivity contribution is 6.74. The average molecular weight is 702 g/mol. The van der Waals surface area contributed by atoms with Crippen LogP contribution in [0.15, 0.2) is 24.3 Å². The maximum Gasteiger partial charge on any atom is 0.416 e. The van der Waals surface area contributed by atoms with Gasteiger partial charge < -0.3 is 23.4 Å². The predicted octanol–water partition coefficient (Wildman–Crippen LogP) is 9.36. The fraction of sp³-hybridized carbons (Fsp3) is 0.684. The Bertz CT molecular complexity index is 1570. The van der Waals surface area contributed by atoms with Gasteiger partial charge in [0.2, 0.25) is 0 Å². The number of hydrogen-bond acceptors (Lipinski definition) is 7. The van der Waals surface area contributed by atoms with Crippen molar-refractivity contribution in [3.05, 3.63) is 63.5 Å². The zero-order chi connectivity index (χ0) is 35.0. The Morgan fingerprint density at radius 2 is 1.55 bits per heavy atom. The fourth-order valence-electron chi connectivity index (χ4n) is 8.66. The number of pyridine rings is 1. The number of benzene rings is 1. The van der Waals surface area contributed by atoms with Gasteiger partial charge >= 0.3 is 12.1 Å². The molecule has 11 heteroatoms. The second-order valence-electron chi connectivity index (χ2n) is 16.5. The van der Waals surface area contributed by atoms with Crippen molar-refractivity contribution in [1.82, 2.24) is 4.98 Å². The van der Waals surface area contributed by atoms with Crippen LogP contribution in [0.2, 0.25) is 18.1 Å². The normalized spacial score (nSPS) is 26.7. The van der Waals surface area contributed by atoms with Gasteiger partial charge in [-0.3, -0.25) is 9.78 Å². The molecule has 1 aromatic carbocycles. The molecule has 0 N–H and O–H groups in total. The molecule has 3 atom stereocenters. The van der Waals surface area contributed by atoms with Crippen LogP contribution in [0.4, 0.5) is 13.2 Å². The first kappa shape index (κ1) is 35.1. The monoisotopic (exact) mass is 701 g/mol. The van der Waals surface area contributed by atoms with Gasteiger partial charge in [-0.2, -0.15) is 13.2 Å². The summed E-state index contributed by atoms with van der Waals surface area (Å²) in [6, 6.07) is 5.40. The van der Waals surface area contributed by atoms with Gasteiger partial charge in [-0.1, -0.05) is 39.3 Å². The molecule has 4 heterocycles. The van der Waals surface area contributed by atoms with Crippen molar-refractivity contribution in [1.29, 1.82) is 0 Å². The van der Waals surface area contributed by atoms with Crippen molar-refractivity contribution in [3.8, 4) is 0 Å². The lowest BCUT2D eigenvalue weighted by Crippen LogP contribution is -2.49. The minimum Gasteiger partial charge on any atom is -0.455 e. The SMILES string of the molecule is CC(=O)OC1c2nc(C3CCOCC3)c3c(c2C(O[Si](C)(C)C(C)(C)C)CC12CCC2)C1(CCOCC1)OC3c1ccc(C(F)(F)F)cc1. The fourth-order valence-corrected chi connectivity index (χ4v) is 9.92. The molecule has 7 rings (SSSR count). The molecule has 0 bridgehead atoms.